The molecule has 156 valence electrons. The van der Waals surface area contributed by atoms with E-state index in [9.17, 15) is 4.79 Å². The molecular weight excluding hydrogens is 384 g/mol. The average molecular weight is 411 g/mol. The summed E-state index contributed by atoms with van der Waals surface area (Å²) in [6, 6.07) is 26.3. The van der Waals surface area contributed by atoms with E-state index in [4.69, 9.17) is 4.74 Å². The predicted octanol–water partition coefficient (Wildman–Crippen LogP) is 5.82. The number of nitrogens with one attached hydrogen (secondary N) is 1. The summed E-state index contributed by atoms with van der Waals surface area (Å²) < 4.78 is 5.59. The highest BCUT2D eigenvalue weighted by atomic mass is 16.5. The van der Waals surface area contributed by atoms with E-state index in [1.54, 1.807) is 6.21 Å². The lowest BCUT2D eigenvalue weighted by atomic mass is 9.87. The number of hydrazone groups is 1. The monoisotopic (exact) mass is 410 g/mol. The zero-order valence-electron chi connectivity index (χ0n) is 18.1. The van der Waals surface area contributed by atoms with Gasteiger partial charge in [-0.2, -0.15) is 5.10 Å². The maximum Gasteiger partial charge on any atom is 0.277 e. The van der Waals surface area contributed by atoms with Gasteiger partial charge in [0.2, 0.25) is 0 Å². The van der Waals surface area contributed by atoms with Crippen molar-refractivity contribution in [2.45, 2.75) is 26.2 Å². The minimum Gasteiger partial charge on any atom is -0.484 e. The largest absolute Gasteiger partial charge is 0.484 e. The van der Waals surface area contributed by atoms with Crippen molar-refractivity contribution in [3.05, 3.63) is 90.0 Å². The van der Waals surface area contributed by atoms with Crippen molar-refractivity contribution in [2.24, 2.45) is 5.10 Å². The summed E-state index contributed by atoms with van der Waals surface area (Å²) in [7, 11) is 0. The fourth-order valence-corrected chi connectivity index (χ4v) is 3.59. The Hall–Kier alpha value is -3.66. The molecule has 0 saturated carbocycles. The first-order valence-corrected chi connectivity index (χ1v) is 10.4. The van der Waals surface area contributed by atoms with Crippen molar-refractivity contribution >= 4 is 33.7 Å². The SMILES string of the molecule is CC(C)(C)c1ccc(OCC(=O)N/N=C/c2c3ccccc3cc3ccccc23)cc1. The van der Waals surface area contributed by atoms with Crippen LogP contribution in [0, 0.1) is 0 Å². The maximum absolute atomic E-state index is 12.2. The van der Waals surface area contributed by atoms with Gasteiger partial charge in [-0.05, 0) is 50.7 Å². The number of rotatable bonds is 5. The number of benzene rings is 4. The van der Waals surface area contributed by atoms with Crippen LogP contribution in [-0.2, 0) is 10.2 Å². The molecule has 0 aromatic heterocycles. The van der Waals surface area contributed by atoms with Gasteiger partial charge in [-0.1, -0.05) is 81.4 Å². The van der Waals surface area contributed by atoms with Crippen LogP contribution in [0.2, 0.25) is 0 Å². The second-order valence-corrected chi connectivity index (χ2v) is 8.59. The molecule has 4 nitrogen and oxygen atoms in total. The molecule has 0 aliphatic carbocycles. The third-order valence-corrected chi connectivity index (χ3v) is 5.29. The molecule has 0 saturated heterocycles. The molecule has 0 radical (unpaired) electrons. The highest BCUT2D eigenvalue weighted by molar-refractivity contribution is 6.13. The number of fused-ring (bicyclic) bond motifs is 2. The Labute approximate surface area is 182 Å². The molecule has 0 aliphatic heterocycles. The third kappa shape index (κ3) is 4.75. The van der Waals surface area contributed by atoms with Crippen LogP contribution in [0.3, 0.4) is 0 Å². The van der Waals surface area contributed by atoms with Crippen molar-refractivity contribution in [3.8, 4) is 5.75 Å². The molecule has 0 unspecified atom stereocenters. The standard InChI is InChI=1S/C27H26N2O2/c1-27(2,3)21-12-14-22(15-13-21)31-18-26(30)29-28-17-25-23-10-6-4-8-19(23)16-20-9-5-7-11-24(20)25/h4-17H,18H2,1-3H3,(H,29,30)/b28-17+. The molecule has 4 aromatic rings. The molecule has 4 rings (SSSR count). The zero-order valence-corrected chi connectivity index (χ0v) is 18.1. The summed E-state index contributed by atoms with van der Waals surface area (Å²) in [5.74, 6) is 0.355. The molecule has 4 heteroatoms. The summed E-state index contributed by atoms with van der Waals surface area (Å²) >= 11 is 0. The minimum atomic E-state index is -0.305. The highest BCUT2D eigenvalue weighted by Gasteiger charge is 2.13. The first-order valence-electron chi connectivity index (χ1n) is 10.4. The Morgan fingerprint density at radius 1 is 0.903 bits per heavy atom. The molecule has 0 fully saturated rings. The summed E-state index contributed by atoms with van der Waals surface area (Å²) in [4.78, 5) is 12.2. The Morgan fingerprint density at radius 2 is 1.48 bits per heavy atom. The van der Waals surface area contributed by atoms with Crippen molar-refractivity contribution in [1.82, 2.24) is 5.43 Å². The molecule has 0 spiro atoms. The molecular formula is C27H26N2O2. The van der Waals surface area contributed by atoms with Crippen molar-refractivity contribution in [3.63, 3.8) is 0 Å². The molecule has 0 heterocycles. The van der Waals surface area contributed by atoms with E-state index < -0.39 is 0 Å². The van der Waals surface area contributed by atoms with Crippen LogP contribution in [0.25, 0.3) is 21.5 Å². The summed E-state index contributed by atoms with van der Waals surface area (Å²) in [6.45, 7) is 6.39. The zero-order chi connectivity index (χ0) is 21.8. The Morgan fingerprint density at radius 3 is 2.06 bits per heavy atom. The third-order valence-electron chi connectivity index (χ3n) is 5.29. The van der Waals surface area contributed by atoms with Gasteiger partial charge in [-0.15, -0.1) is 0 Å². The topological polar surface area (TPSA) is 50.7 Å². The van der Waals surface area contributed by atoms with Gasteiger partial charge in [0.05, 0.1) is 6.21 Å². The number of nitrogens with zero attached hydrogens (tertiary/aromatic N) is 1. The van der Waals surface area contributed by atoms with Crippen LogP contribution in [0.4, 0.5) is 0 Å². The summed E-state index contributed by atoms with van der Waals surface area (Å²) in [5.41, 5.74) is 4.85. The van der Waals surface area contributed by atoms with Crippen molar-refractivity contribution in [1.29, 1.82) is 0 Å². The van der Waals surface area contributed by atoms with Gasteiger partial charge in [0.15, 0.2) is 6.61 Å². The smallest absolute Gasteiger partial charge is 0.277 e. The van der Waals surface area contributed by atoms with Crippen molar-refractivity contribution in [2.75, 3.05) is 6.61 Å². The van der Waals surface area contributed by atoms with E-state index in [1.807, 2.05) is 48.5 Å². The van der Waals surface area contributed by atoms with E-state index in [1.165, 1.54) is 5.56 Å². The second kappa shape index (κ2) is 8.60. The molecule has 31 heavy (non-hydrogen) atoms. The van der Waals surface area contributed by atoms with Crippen LogP contribution in [0.1, 0.15) is 31.9 Å². The van der Waals surface area contributed by atoms with Gasteiger partial charge in [-0.25, -0.2) is 5.43 Å². The quantitative estimate of drug-likeness (QED) is 0.256. The molecule has 1 amide bonds. The van der Waals surface area contributed by atoms with E-state index >= 15 is 0 Å². The number of hydrogen-bond donors (Lipinski definition) is 1. The Balaban J connectivity index is 1.45. The predicted molar refractivity (Wildman–Crippen MR) is 128 cm³/mol. The fraction of sp³-hybridized carbons (Fsp3) is 0.185. The lowest BCUT2D eigenvalue weighted by molar-refractivity contribution is -0.123. The highest BCUT2D eigenvalue weighted by Crippen LogP contribution is 2.27. The van der Waals surface area contributed by atoms with Gasteiger partial charge in [0, 0.05) is 5.56 Å². The second-order valence-electron chi connectivity index (χ2n) is 8.59. The van der Waals surface area contributed by atoms with Crippen LogP contribution in [0.5, 0.6) is 5.75 Å². The summed E-state index contributed by atoms with van der Waals surface area (Å²) in [5, 5.41) is 8.65. The molecule has 1 N–H and O–H groups in total. The minimum absolute atomic E-state index is 0.0798. The lowest BCUT2D eigenvalue weighted by Crippen LogP contribution is -2.24. The van der Waals surface area contributed by atoms with Crippen LogP contribution in [0.15, 0.2) is 84.0 Å². The number of carbonyl (C=O) groups is 1. The molecule has 4 aromatic carbocycles. The molecule has 0 atom stereocenters. The van der Waals surface area contributed by atoms with Gasteiger partial charge in [0.25, 0.3) is 5.91 Å². The van der Waals surface area contributed by atoms with E-state index in [0.29, 0.717) is 5.75 Å². The first kappa shape index (κ1) is 20.6. The number of carbonyl (C=O) groups excluding carboxylic acids is 1. The van der Waals surface area contributed by atoms with Crippen molar-refractivity contribution < 1.29 is 9.53 Å². The van der Waals surface area contributed by atoms with Gasteiger partial charge < -0.3 is 4.74 Å². The van der Waals surface area contributed by atoms with Gasteiger partial charge >= 0.3 is 0 Å². The first-order chi connectivity index (χ1) is 14.9. The Bertz CT molecular complexity index is 1200. The average Bonchev–Trinajstić information content (AvgIpc) is 2.77. The maximum atomic E-state index is 12.2. The summed E-state index contributed by atoms with van der Waals surface area (Å²) in [6.07, 6.45) is 1.71. The molecule has 0 bridgehead atoms. The van der Waals surface area contributed by atoms with E-state index in [2.05, 4.69) is 61.6 Å². The Kier molecular flexibility index (Phi) is 5.72. The van der Waals surface area contributed by atoms with Gasteiger partial charge in [-0.3, -0.25) is 4.79 Å². The fourth-order valence-electron chi connectivity index (χ4n) is 3.59. The van der Waals surface area contributed by atoms with E-state index in [-0.39, 0.29) is 17.9 Å². The normalized spacial score (nSPS) is 11.8. The van der Waals surface area contributed by atoms with Crippen LogP contribution in [-0.4, -0.2) is 18.7 Å². The lowest BCUT2D eigenvalue weighted by Gasteiger charge is -2.19. The number of hydrogen-bond acceptors (Lipinski definition) is 3. The number of ether oxygens (including phenoxy) is 1. The van der Waals surface area contributed by atoms with E-state index in [0.717, 1.165) is 27.1 Å². The number of amides is 1. The van der Waals surface area contributed by atoms with Crippen LogP contribution < -0.4 is 10.2 Å². The van der Waals surface area contributed by atoms with Crippen LogP contribution >= 0.6 is 0 Å². The van der Waals surface area contributed by atoms with Gasteiger partial charge in [0.1, 0.15) is 5.75 Å². The molecule has 0 aliphatic rings.